The number of hydrogen-bond acceptors (Lipinski definition) is 3. The van der Waals surface area contributed by atoms with Crippen LogP contribution >= 0.6 is 0 Å². The zero-order chi connectivity index (χ0) is 13.0. The van der Waals surface area contributed by atoms with Crippen LogP contribution in [-0.4, -0.2) is 37.2 Å². The van der Waals surface area contributed by atoms with Crippen LogP contribution in [0.2, 0.25) is 0 Å². The Morgan fingerprint density at radius 3 is 2.53 bits per heavy atom. The first-order chi connectivity index (χ1) is 8.01. The second kappa shape index (κ2) is 5.68. The minimum absolute atomic E-state index is 0.614. The summed E-state index contributed by atoms with van der Waals surface area (Å²) < 4.78 is 5.24. The lowest BCUT2D eigenvalue weighted by Gasteiger charge is -2.22. The van der Waals surface area contributed by atoms with E-state index in [0.717, 1.165) is 12.0 Å². The topological polar surface area (TPSA) is 49.8 Å². The maximum absolute atomic E-state index is 11.3. The molecule has 1 N–H and O–H groups in total. The average molecular weight is 237 g/mol. The van der Waals surface area contributed by atoms with Gasteiger partial charge in [0.05, 0.1) is 7.11 Å². The summed E-state index contributed by atoms with van der Waals surface area (Å²) in [5.74, 6) is -0.259. The van der Waals surface area contributed by atoms with E-state index in [2.05, 4.69) is 0 Å². The molecule has 0 amide bonds. The molecule has 0 radical (unpaired) electrons. The molecule has 0 fully saturated rings. The van der Waals surface area contributed by atoms with E-state index < -0.39 is 12.0 Å². The van der Waals surface area contributed by atoms with Crippen molar-refractivity contribution in [1.82, 2.24) is 4.90 Å². The van der Waals surface area contributed by atoms with Crippen LogP contribution in [0.4, 0.5) is 0 Å². The molecule has 17 heavy (non-hydrogen) atoms. The minimum Gasteiger partial charge on any atom is -0.496 e. The Labute approximate surface area is 102 Å². The van der Waals surface area contributed by atoms with Gasteiger partial charge in [-0.05, 0) is 38.2 Å². The van der Waals surface area contributed by atoms with Crippen molar-refractivity contribution >= 4 is 5.97 Å². The van der Waals surface area contributed by atoms with Gasteiger partial charge in [-0.2, -0.15) is 0 Å². The van der Waals surface area contributed by atoms with E-state index in [1.807, 2.05) is 25.1 Å². The van der Waals surface area contributed by atoms with Gasteiger partial charge in [-0.1, -0.05) is 13.0 Å². The number of carboxylic acids is 1. The number of carbonyl (C=O) groups is 1. The molecule has 1 aromatic rings. The highest BCUT2D eigenvalue weighted by molar-refractivity contribution is 5.76. The van der Waals surface area contributed by atoms with Gasteiger partial charge >= 0.3 is 5.97 Å². The van der Waals surface area contributed by atoms with Crippen LogP contribution in [0.3, 0.4) is 0 Å². The molecule has 0 aliphatic rings. The Morgan fingerprint density at radius 1 is 1.47 bits per heavy atom. The van der Waals surface area contributed by atoms with Crippen molar-refractivity contribution in [3.8, 4) is 5.75 Å². The zero-order valence-electron chi connectivity index (χ0n) is 10.7. The molecule has 0 bridgehead atoms. The van der Waals surface area contributed by atoms with Crippen molar-refractivity contribution in [2.45, 2.75) is 19.4 Å². The van der Waals surface area contributed by atoms with Crippen LogP contribution in [0.5, 0.6) is 5.75 Å². The number of benzene rings is 1. The number of hydrogen-bond donors (Lipinski definition) is 1. The lowest BCUT2D eigenvalue weighted by Crippen LogP contribution is -2.27. The van der Waals surface area contributed by atoms with Gasteiger partial charge in [0.2, 0.25) is 0 Å². The molecule has 1 unspecified atom stereocenters. The van der Waals surface area contributed by atoms with Gasteiger partial charge in [-0.3, -0.25) is 9.69 Å². The summed E-state index contributed by atoms with van der Waals surface area (Å²) in [6.07, 6.45) is 0.872. The van der Waals surface area contributed by atoms with E-state index in [1.165, 1.54) is 0 Å². The Kier molecular flexibility index (Phi) is 4.52. The maximum Gasteiger partial charge on any atom is 0.325 e. The van der Waals surface area contributed by atoms with Crippen molar-refractivity contribution in [2.75, 3.05) is 21.2 Å². The van der Waals surface area contributed by atoms with Crippen molar-refractivity contribution < 1.29 is 14.6 Å². The van der Waals surface area contributed by atoms with Crippen molar-refractivity contribution in [3.63, 3.8) is 0 Å². The van der Waals surface area contributed by atoms with E-state index in [4.69, 9.17) is 4.74 Å². The van der Waals surface area contributed by atoms with Crippen molar-refractivity contribution in [2.24, 2.45) is 0 Å². The highest BCUT2D eigenvalue weighted by atomic mass is 16.5. The third-order valence-electron chi connectivity index (χ3n) is 2.75. The first-order valence-corrected chi connectivity index (χ1v) is 5.57. The van der Waals surface area contributed by atoms with Crippen LogP contribution < -0.4 is 4.74 Å². The largest absolute Gasteiger partial charge is 0.496 e. The molecule has 0 saturated carbocycles. The lowest BCUT2D eigenvalue weighted by atomic mass is 10.0. The summed E-state index contributed by atoms with van der Waals surface area (Å²) in [6, 6.07) is 5.00. The Morgan fingerprint density at radius 2 is 2.12 bits per heavy atom. The summed E-state index contributed by atoms with van der Waals surface area (Å²) >= 11 is 0. The number of methoxy groups -OCH3 is 1. The molecule has 0 aromatic heterocycles. The number of carboxylic acid groups (broad SMARTS) is 1. The fourth-order valence-electron chi connectivity index (χ4n) is 1.85. The fraction of sp³-hybridized carbons (Fsp3) is 0.462. The quantitative estimate of drug-likeness (QED) is 0.850. The molecule has 1 aromatic carbocycles. The summed E-state index contributed by atoms with van der Waals surface area (Å²) in [6.45, 7) is 2.04. The smallest absolute Gasteiger partial charge is 0.325 e. The summed E-state index contributed by atoms with van der Waals surface area (Å²) in [5, 5.41) is 9.28. The Hall–Kier alpha value is -1.55. The van der Waals surface area contributed by atoms with Crippen LogP contribution in [0.15, 0.2) is 18.2 Å². The molecule has 0 spiro atoms. The first kappa shape index (κ1) is 13.5. The van der Waals surface area contributed by atoms with E-state index in [9.17, 15) is 9.90 Å². The van der Waals surface area contributed by atoms with E-state index >= 15 is 0 Å². The lowest BCUT2D eigenvalue weighted by molar-refractivity contribution is -0.142. The van der Waals surface area contributed by atoms with Crippen molar-refractivity contribution in [1.29, 1.82) is 0 Å². The zero-order valence-corrected chi connectivity index (χ0v) is 10.7. The second-order valence-corrected chi connectivity index (χ2v) is 4.13. The molecule has 0 aliphatic heterocycles. The van der Waals surface area contributed by atoms with E-state index in [1.54, 1.807) is 26.1 Å². The number of rotatable bonds is 5. The third kappa shape index (κ3) is 2.97. The highest BCUT2D eigenvalue weighted by Gasteiger charge is 2.25. The Balaban J connectivity index is 3.28. The van der Waals surface area contributed by atoms with Gasteiger partial charge < -0.3 is 9.84 Å². The number of nitrogens with zero attached hydrogens (tertiary/aromatic N) is 1. The van der Waals surface area contributed by atoms with E-state index in [0.29, 0.717) is 11.3 Å². The Bertz CT molecular complexity index is 402. The molecule has 1 rings (SSSR count). The summed E-state index contributed by atoms with van der Waals surface area (Å²) in [4.78, 5) is 13.0. The number of aryl methyl sites for hydroxylation is 1. The van der Waals surface area contributed by atoms with Gasteiger partial charge in [0, 0.05) is 5.56 Å². The van der Waals surface area contributed by atoms with Crippen molar-refractivity contribution in [3.05, 3.63) is 29.3 Å². The summed E-state index contributed by atoms with van der Waals surface area (Å²) in [5.41, 5.74) is 1.80. The summed E-state index contributed by atoms with van der Waals surface area (Å²) in [7, 11) is 5.05. The fourth-order valence-corrected chi connectivity index (χ4v) is 1.85. The van der Waals surface area contributed by atoms with Gasteiger partial charge in [0.1, 0.15) is 11.8 Å². The van der Waals surface area contributed by atoms with Gasteiger partial charge in [0.15, 0.2) is 0 Å². The van der Waals surface area contributed by atoms with Gasteiger partial charge in [-0.25, -0.2) is 0 Å². The van der Waals surface area contributed by atoms with Crippen LogP contribution in [0, 0.1) is 0 Å². The normalized spacial score (nSPS) is 12.5. The van der Waals surface area contributed by atoms with Crippen LogP contribution in [0.25, 0.3) is 0 Å². The SMILES string of the molecule is CCc1ccc(OC)c(C(C(=O)O)N(C)C)c1. The molecule has 4 nitrogen and oxygen atoms in total. The molecule has 1 atom stereocenters. The van der Waals surface area contributed by atoms with E-state index in [-0.39, 0.29) is 0 Å². The molecule has 4 heteroatoms. The van der Waals surface area contributed by atoms with Crippen LogP contribution in [-0.2, 0) is 11.2 Å². The molecular weight excluding hydrogens is 218 g/mol. The van der Waals surface area contributed by atoms with Crippen LogP contribution in [0.1, 0.15) is 24.1 Å². The number of aliphatic carboxylic acids is 1. The molecule has 0 saturated heterocycles. The third-order valence-corrected chi connectivity index (χ3v) is 2.75. The monoisotopic (exact) mass is 237 g/mol. The predicted octanol–water partition coefficient (Wildman–Crippen LogP) is 1.94. The maximum atomic E-state index is 11.3. The number of ether oxygens (including phenoxy) is 1. The highest BCUT2D eigenvalue weighted by Crippen LogP contribution is 2.29. The molecule has 0 heterocycles. The average Bonchev–Trinajstić information content (AvgIpc) is 2.28. The second-order valence-electron chi connectivity index (χ2n) is 4.13. The number of likely N-dealkylation sites (N-methyl/N-ethyl adjacent to an activating group) is 1. The van der Waals surface area contributed by atoms with Gasteiger partial charge in [0.25, 0.3) is 0 Å². The van der Waals surface area contributed by atoms with Gasteiger partial charge in [-0.15, -0.1) is 0 Å². The first-order valence-electron chi connectivity index (χ1n) is 5.57. The minimum atomic E-state index is -0.874. The molecule has 94 valence electrons. The molecular formula is C13H19NO3. The molecule has 0 aliphatic carbocycles. The standard InChI is InChI=1S/C13H19NO3/c1-5-9-6-7-11(17-4)10(8-9)12(13(15)16)14(2)3/h6-8,12H,5H2,1-4H3,(H,15,16). The predicted molar refractivity (Wildman–Crippen MR) is 66.4 cm³/mol.